The largest absolute Gasteiger partial charge is 0.426 e. The lowest BCUT2D eigenvalue weighted by Gasteiger charge is -2.36. The van der Waals surface area contributed by atoms with Crippen LogP contribution in [0.3, 0.4) is 0 Å². The smallest absolute Gasteiger partial charge is 0.378 e. The van der Waals surface area contributed by atoms with Gasteiger partial charge in [0.05, 0.1) is 26.7 Å². The van der Waals surface area contributed by atoms with E-state index >= 15 is 0 Å². The van der Waals surface area contributed by atoms with E-state index in [1.165, 1.54) is 6.92 Å². The van der Waals surface area contributed by atoms with Crippen LogP contribution >= 0.6 is 0 Å². The SMILES string of the molecule is CC(=O)[N+]1(C(=O)N2CCOCC2)CCCNCC1. The summed E-state index contributed by atoms with van der Waals surface area (Å²) in [6, 6.07) is -0.0468. The second-order valence-corrected chi connectivity index (χ2v) is 4.92. The van der Waals surface area contributed by atoms with Gasteiger partial charge in [0.2, 0.25) is 0 Å². The average molecular weight is 256 g/mol. The van der Waals surface area contributed by atoms with Crippen LogP contribution in [0.2, 0.25) is 0 Å². The number of carbonyl (C=O) groups excluding carboxylic acids is 2. The molecule has 2 aliphatic rings. The summed E-state index contributed by atoms with van der Waals surface area (Å²) in [6.45, 7) is 6.63. The fourth-order valence-electron chi connectivity index (χ4n) is 2.65. The number of nitrogens with one attached hydrogen (secondary N) is 1. The van der Waals surface area contributed by atoms with Crippen molar-refractivity contribution in [3.8, 4) is 0 Å². The second kappa shape index (κ2) is 5.77. The summed E-state index contributed by atoms with van der Waals surface area (Å²) < 4.78 is 5.22. The van der Waals surface area contributed by atoms with Gasteiger partial charge in [-0.1, -0.05) is 0 Å². The highest BCUT2D eigenvalue weighted by Gasteiger charge is 2.45. The third-order valence-corrected chi connectivity index (χ3v) is 3.81. The van der Waals surface area contributed by atoms with Gasteiger partial charge < -0.3 is 10.1 Å². The van der Waals surface area contributed by atoms with Crippen LogP contribution in [0.25, 0.3) is 0 Å². The Labute approximate surface area is 107 Å². The Balaban J connectivity index is 2.16. The molecule has 6 heteroatoms. The van der Waals surface area contributed by atoms with Crippen molar-refractivity contribution >= 4 is 11.9 Å². The molecule has 0 radical (unpaired) electrons. The zero-order chi connectivity index (χ0) is 13.0. The molecule has 2 rings (SSSR count). The lowest BCUT2D eigenvalue weighted by Crippen LogP contribution is -2.63. The van der Waals surface area contributed by atoms with E-state index < -0.39 is 0 Å². The van der Waals surface area contributed by atoms with E-state index in [9.17, 15) is 9.59 Å². The van der Waals surface area contributed by atoms with Gasteiger partial charge in [0, 0.05) is 32.6 Å². The number of amides is 3. The van der Waals surface area contributed by atoms with Crippen molar-refractivity contribution in [3.63, 3.8) is 0 Å². The molecule has 0 spiro atoms. The molecule has 6 nitrogen and oxygen atoms in total. The van der Waals surface area contributed by atoms with Crippen LogP contribution in [-0.2, 0) is 9.53 Å². The summed E-state index contributed by atoms with van der Waals surface area (Å²) in [5.74, 6) is -0.0461. The predicted molar refractivity (Wildman–Crippen MR) is 66.0 cm³/mol. The maximum Gasteiger partial charge on any atom is 0.426 e. The minimum atomic E-state index is -0.0468. The van der Waals surface area contributed by atoms with E-state index in [1.54, 1.807) is 4.90 Å². The zero-order valence-electron chi connectivity index (χ0n) is 11.0. The van der Waals surface area contributed by atoms with Gasteiger partial charge in [-0.2, -0.15) is 4.48 Å². The number of urea groups is 1. The Morgan fingerprint density at radius 1 is 1.17 bits per heavy atom. The van der Waals surface area contributed by atoms with Crippen molar-refractivity contribution in [1.82, 2.24) is 10.2 Å². The summed E-state index contributed by atoms with van der Waals surface area (Å²) in [7, 11) is 0. The highest BCUT2D eigenvalue weighted by Crippen LogP contribution is 2.17. The minimum absolute atomic E-state index is 0.0347. The topological polar surface area (TPSA) is 58.6 Å². The molecule has 1 N–H and O–H groups in total. The molecule has 3 amide bonds. The van der Waals surface area contributed by atoms with Crippen molar-refractivity contribution in [2.24, 2.45) is 0 Å². The summed E-state index contributed by atoms with van der Waals surface area (Å²) in [4.78, 5) is 26.5. The first kappa shape index (κ1) is 13.5. The molecule has 1 atom stereocenters. The van der Waals surface area contributed by atoms with Gasteiger partial charge in [-0.15, -0.1) is 0 Å². The molecule has 2 saturated heterocycles. The Kier molecular flexibility index (Phi) is 4.31. The number of rotatable bonds is 0. The monoisotopic (exact) mass is 256 g/mol. The second-order valence-electron chi connectivity index (χ2n) is 4.92. The molecular formula is C12H22N3O3+. The average Bonchev–Trinajstić information content (AvgIpc) is 2.65. The Morgan fingerprint density at radius 2 is 1.89 bits per heavy atom. The first-order chi connectivity index (χ1) is 8.67. The zero-order valence-corrected chi connectivity index (χ0v) is 11.0. The van der Waals surface area contributed by atoms with Crippen molar-refractivity contribution in [2.45, 2.75) is 13.3 Å². The summed E-state index contributed by atoms with van der Waals surface area (Å²) in [5, 5.41) is 3.25. The van der Waals surface area contributed by atoms with Crippen LogP contribution in [0.5, 0.6) is 0 Å². The van der Waals surface area contributed by atoms with Crippen LogP contribution in [0.15, 0.2) is 0 Å². The molecule has 102 valence electrons. The Morgan fingerprint density at radius 3 is 2.56 bits per heavy atom. The fourth-order valence-corrected chi connectivity index (χ4v) is 2.65. The Hall–Kier alpha value is -0.980. The lowest BCUT2D eigenvalue weighted by atomic mass is 10.3. The first-order valence-corrected chi connectivity index (χ1v) is 6.63. The number of nitrogens with zero attached hydrogens (tertiary/aromatic N) is 2. The van der Waals surface area contributed by atoms with Gasteiger partial charge in [0.1, 0.15) is 6.54 Å². The molecule has 0 aliphatic carbocycles. The van der Waals surface area contributed by atoms with E-state index in [0.29, 0.717) is 39.4 Å². The fraction of sp³-hybridized carbons (Fsp3) is 0.833. The molecule has 0 bridgehead atoms. The van der Waals surface area contributed by atoms with Crippen LogP contribution in [0.4, 0.5) is 4.79 Å². The van der Waals surface area contributed by atoms with Crippen molar-refractivity contribution in [1.29, 1.82) is 0 Å². The first-order valence-electron chi connectivity index (χ1n) is 6.63. The number of quaternary nitrogens is 1. The van der Waals surface area contributed by atoms with E-state index in [-0.39, 0.29) is 16.4 Å². The van der Waals surface area contributed by atoms with Crippen molar-refractivity contribution in [2.75, 3.05) is 52.5 Å². The third kappa shape index (κ3) is 2.55. The van der Waals surface area contributed by atoms with E-state index in [4.69, 9.17) is 4.74 Å². The van der Waals surface area contributed by atoms with Crippen LogP contribution in [0, 0.1) is 0 Å². The van der Waals surface area contributed by atoms with Crippen molar-refractivity contribution in [3.05, 3.63) is 0 Å². The maximum absolute atomic E-state index is 12.7. The number of hydrogen-bond donors (Lipinski definition) is 1. The molecule has 0 saturated carbocycles. The molecule has 2 fully saturated rings. The van der Waals surface area contributed by atoms with E-state index in [1.807, 2.05) is 0 Å². The number of ether oxygens (including phenoxy) is 1. The molecule has 1 unspecified atom stereocenters. The third-order valence-electron chi connectivity index (χ3n) is 3.81. The summed E-state index contributed by atoms with van der Waals surface area (Å²) in [5.41, 5.74) is 0. The quantitative estimate of drug-likeness (QED) is 0.610. The molecule has 0 aromatic heterocycles. The highest BCUT2D eigenvalue weighted by atomic mass is 16.5. The van der Waals surface area contributed by atoms with Gasteiger partial charge in [-0.25, -0.2) is 9.59 Å². The highest BCUT2D eigenvalue weighted by molar-refractivity contribution is 5.82. The summed E-state index contributed by atoms with van der Waals surface area (Å²) in [6.07, 6.45) is 0.857. The maximum atomic E-state index is 12.7. The molecule has 2 aliphatic heterocycles. The van der Waals surface area contributed by atoms with Gasteiger partial charge in [0.15, 0.2) is 0 Å². The van der Waals surface area contributed by atoms with E-state index in [0.717, 1.165) is 19.5 Å². The van der Waals surface area contributed by atoms with Crippen LogP contribution in [0.1, 0.15) is 13.3 Å². The lowest BCUT2D eigenvalue weighted by molar-refractivity contribution is -0.775. The Bertz CT molecular complexity index is 319. The van der Waals surface area contributed by atoms with E-state index in [2.05, 4.69) is 5.32 Å². The standard InChI is InChI=1S/C12H22N3O3/c1-11(16)15(7-2-3-13-4-8-15)12(17)14-5-9-18-10-6-14/h13H,2-10H2,1H3/q+1. The van der Waals surface area contributed by atoms with Crippen molar-refractivity contribution < 1.29 is 18.8 Å². The predicted octanol–water partition coefficient (Wildman–Crippen LogP) is -0.205. The summed E-state index contributed by atoms with van der Waals surface area (Å²) >= 11 is 0. The number of hydrogen-bond acceptors (Lipinski definition) is 4. The molecule has 18 heavy (non-hydrogen) atoms. The normalized spacial score (nSPS) is 29.7. The van der Waals surface area contributed by atoms with Crippen LogP contribution < -0.4 is 5.32 Å². The number of carbonyl (C=O) groups is 2. The molecule has 0 aromatic carbocycles. The van der Waals surface area contributed by atoms with Gasteiger partial charge in [0.25, 0.3) is 0 Å². The van der Waals surface area contributed by atoms with Crippen LogP contribution in [-0.4, -0.2) is 73.8 Å². The minimum Gasteiger partial charge on any atom is -0.378 e. The van der Waals surface area contributed by atoms with Gasteiger partial charge in [-0.3, -0.25) is 4.90 Å². The number of morpholine rings is 1. The number of imide groups is 1. The van der Waals surface area contributed by atoms with Gasteiger partial charge in [-0.05, 0) is 0 Å². The molecule has 2 heterocycles. The molecule has 0 aromatic rings. The van der Waals surface area contributed by atoms with Gasteiger partial charge >= 0.3 is 11.9 Å². The molecular weight excluding hydrogens is 234 g/mol.